The van der Waals surface area contributed by atoms with Gasteiger partial charge in [-0.05, 0) is 13.0 Å². The number of hydrogen-bond donors (Lipinski definition) is 1. The average Bonchev–Trinajstić information content (AvgIpc) is 2.71. The summed E-state index contributed by atoms with van der Waals surface area (Å²) >= 11 is 0. The van der Waals surface area contributed by atoms with Gasteiger partial charge in [-0.25, -0.2) is 8.42 Å². The lowest BCUT2D eigenvalue weighted by Crippen LogP contribution is -2.35. The van der Waals surface area contributed by atoms with Crippen LogP contribution >= 0.6 is 0 Å². The number of fused-ring (bicyclic) bond motifs is 1. The lowest BCUT2D eigenvalue weighted by molar-refractivity contribution is 0.331. The van der Waals surface area contributed by atoms with Crippen LogP contribution in [0.15, 0.2) is 4.52 Å². The van der Waals surface area contributed by atoms with Crippen molar-refractivity contribution in [3.05, 3.63) is 17.0 Å². The Morgan fingerprint density at radius 1 is 1.50 bits per heavy atom. The summed E-state index contributed by atoms with van der Waals surface area (Å²) in [5, 5.41) is 7.28. The number of rotatable bonds is 5. The van der Waals surface area contributed by atoms with E-state index < -0.39 is 10.0 Å². The lowest BCUT2D eigenvalue weighted by atomic mass is 10.1. The molecule has 0 fully saturated rings. The molecule has 0 unspecified atom stereocenters. The molecular formula is C11H19N3O3S. The van der Waals surface area contributed by atoms with Gasteiger partial charge in [0.15, 0.2) is 0 Å². The van der Waals surface area contributed by atoms with Crippen molar-refractivity contribution in [1.82, 2.24) is 14.8 Å². The van der Waals surface area contributed by atoms with E-state index in [2.05, 4.69) is 17.4 Å². The molecule has 0 spiro atoms. The van der Waals surface area contributed by atoms with Crippen LogP contribution in [-0.4, -0.2) is 37.2 Å². The zero-order valence-electron chi connectivity index (χ0n) is 10.8. The summed E-state index contributed by atoms with van der Waals surface area (Å²) in [6.07, 6.45) is 2.89. The summed E-state index contributed by atoms with van der Waals surface area (Å²) in [6.45, 7) is 4.49. The second-order valence-corrected chi connectivity index (χ2v) is 6.54. The smallest absolute Gasteiger partial charge is 0.211 e. The molecule has 1 aromatic rings. The third-order valence-electron chi connectivity index (χ3n) is 3.06. The van der Waals surface area contributed by atoms with Gasteiger partial charge in [-0.3, -0.25) is 0 Å². The molecule has 2 rings (SSSR count). The van der Waals surface area contributed by atoms with Crippen LogP contribution in [0.1, 0.15) is 30.4 Å². The highest BCUT2D eigenvalue weighted by atomic mass is 32.2. The summed E-state index contributed by atoms with van der Waals surface area (Å²) in [6, 6.07) is 0. The molecule has 0 aromatic carbocycles. The maximum atomic E-state index is 11.5. The quantitative estimate of drug-likeness (QED) is 0.790. The van der Waals surface area contributed by atoms with Crippen molar-refractivity contribution < 1.29 is 12.9 Å². The third kappa shape index (κ3) is 2.90. The van der Waals surface area contributed by atoms with Gasteiger partial charge >= 0.3 is 0 Å². The molecule has 0 amide bonds. The van der Waals surface area contributed by atoms with Gasteiger partial charge in [0, 0.05) is 31.6 Å². The van der Waals surface area contributed by atoms with Crippen LogP contribution in [0.4, 0.5) is 0 Å². The van der Waals surface area contributed by atoms with Crippen molar-refractivity contribution in [1.29, 1.82) is 0 Å². The van der Waals surface area contributed by atoms with E-state index in [0.29, 0.717) is 26.1 Å². The van der Waals surface area contributed by atoms with Crippen molar-refractivity contribution in [3.63, 3.8) is 0 Å². The maximum absolute atomic E-state index is 11.5. The Morgan fingerprint density at radius 3 is 2.94 bits per heavy atom. The monoisotopic (exact) mass is 273 g/mol. The Labute approximate surface area is 107 Å². The summed E-state index contributed by atoms with van der Waals surface area (Å²) < 4.78 is 29.8. The Balaban J connectivity index is 2.12. The highest BCUT2D eigenvalue weighted by Gasteiger charge is 2.28. The molecule has 6 nitrogen and oxygen atoms in total. The fourth-order valence-electron chi connectivity index (χ4n) is 2.04. The van der Waals surface area contributed by atoms with Crippen LogP contribution in [-0.2, 0) is 29.5 Å². The number of sulfonamides is 1. The first-order valence-corrected chi connectivity index (χ1v) is 7.99. The van der Waals surface area contributed by atoms with Gasteiger partial charge in [0.05, 0.1) is 6.26 Å². The summed E-state index contributed by atoms with van der Waals surface area (Å²) in [5.74, 6) is 0.822. The number of nitrogens with one attached hydrogen (secondary N) is 1. The molecule has 1 aliphatic heterocycles. The zero-order valence-corrected chi connectivity index (χ0v) is 11.6. The van der Waals surface area contributed by atoms with Crippen molar-refractivity contribution in [3.8, 4) is 0 Å². The lowest BCUT2D eigenvalue weighted by Gasteiger charge is -2.23. The fraction of sp³-hybridized carbons (Fsp3) is 0.727. The highest BCUT2D eigenvalue weighted by molar-refractivity contribution is 7.88. The van der Waals surface area contributed by atoms with Crippen molar-refractivity contribution in [2.75, 3.05) is 19.3 Å². The zero-order chi connectivity index (χ0) is 13.2. The van der Waals surface area contributed by atoms with E-state index in [1.807, 2.05) is 0 Å². The van der Waals surface area contributed by atoms with Gasteiger partial charge in [-0.15, -0.1) is 0 Å². The van der Waals surface area contributed by atoms with E-state index in [9.17, 15) is 8.42 Å². The van der Waals surface area contributed by atoms with Crippen molar-refractivity contribution in [2.24, 2.45) is 0 Å². The molecule has 0 bridgehead atoms. The van der Waals surface area contributed by atoms with Crippen LogP contribution in [0.5, 0.6) is 0 Å². The van der Waals surface area contributed by atoms with E-state index in [1.165, 1.54) is 10.6 Å². The van der Waals surface area contributed by atoms with E-state index in [-0.39, 0.29) is 0 Å². The van der Waals surface area contributed by atoms with Crippen LogP contribution in [0, 0.1) is 0 Å². The highest BCUT2D eigenvalue weighted by Crippen LogP contribution is 2.23. The fourth-order valence-corrected chi connectivity index (χ4v) is 2.83. The largest absolute Gasteiger partial charge is 0.361 e. The van der Waals surface area contributed by atoms with E-state index >= 15 is 0 Å². The second-order valence-electron chi connectivity index (χ2n) is 4.55. The molecule has 0 saturated heterocycles. The minimum Gasteiger partial charge on any atom is -0.361 e. The molecule has 1 N–H and O–H groups in total. The van der Waals surface area contributed by atoms with Gasteiger partial charge < -0.3 is 9.84 Å². The van der Waals surface area contributed by atoms with Gasteiger partial charge in [0.1, 0.15) is 11.5 Å². The molecule has 102 valence electrons. The normalized spacial score (nSPS) is 16.8. The molecule has 1 aliphatic rings. The SMILES string of the molecule is CCCNCc1noc2c1CN(S(C)(=O)=O)CC2. The number of hydrogen-bond acceptors (Lipinski definition) is 5. The first-order chi connectivity index (χ1) is 8.52. The first kappa shape index (κ1) is 13.5. The van der Waals surface area contributed by atoms with Crippen molar-refractivity contribution in [2.45, 2.75) is 32.9 Å². The van der Waals surface area contributed by atoms with Gasteiger partial charge in [0.2, 0.25) is 10.0 Å². The minimum atomic E-state index is -3.14. The molecule has 18 heavy (non-hydrogen) atoms. The predicted molar refractivity (Wildman–Crippen MR) is 67.5 cm³/mol. The van der Waals surface area contributed by atoms with Gasteiger partial charge in [0.25, 0.3) is 0 Å². The van der Waals surface area contributed by atoms with Crippen molar-refractivity contribution >= 4 is 10.0 Å². The average molecular weight is 273 g/mol. The van der Waals surface area contributed by atoms with Crippen LogP contribution in [0.2, 0.25) is 0 Å². The first-order valence-electron chi connectivity index (χ1n) is 6.14. The Hall–Kier alpha value is -0.920. The Morgan fingerprint density at radius 2 is 2.28 bits per heavy atom. The second kappa shape index (κ2) is 5.38. The Bertz CT molecular complexity index is 510. The molecule has 0 atom stereocenters. The number of nitrogens with zero attached hydrogens (tertiary/aromatic N) is 2. The minimum absolute atomic E-state index is 0.376. The third-order valence-corrected chi connectivity index (χ3v) is 4.31. The standard InChI is InChI=1S/C11H19N3O3S/c1-3-5-12-7-10-9-8-14(18(2,15)16)6-4-11(9)17-13-10/h12H,3-8H2,1-2H3. The Kier molecular flexibility index (Phi) is 4.04. The van der Waals surface area contributed by atoms with Gasteiger partial charge in [-0.1, -0.05) is 12.1 Å². The van der Waals surface area contributed by atoms with E-state index in [4.69, 9.17) is 4.52 Å². The molecule has 2 heterocycles. The van der Waals surface area contributed by atoms with Crippen LogP contribution < -0.4 is 5.32 Å². The van der Waals surface area contributed by atoms with Crippen LogP contribution in [0.3, 0.4) is 0 Å². The van der Waals surface area contributed by atoms with E-state index in [1.54, 1.807) is 0 Å². The van der Waals surface area contributed by atoms with E-state index in [0.717, 1.165) is 30.0 Å². The topological polar surface area (TPSA) is 75.4 Å². The summed E-state index contributed by atoms with van der Waals surface area (Å²) in [5.41, 5.74) is 1.75. The number of aromatic nitrogens is 1. The predicted octanol–water partition coefficient (Wildman–Crippen LogP) is 0.492. The molecule has 0 saturated carbocycles. The molecule has 0 radical (unpaired) electrons. The molecule has 1 aromatic heterocycles. The van der Waals surface area contributed by atoms with Crippen LogP contribution in [0.25, 0.3) is 0 Å². The van der Waals surface area contributed by atoms with Gasteiger partial charge in [-0.2, -0.15) is 4.31 Å². The molecule has 0 aliphatic carbocycles. The maximum Gasteiger partial charge on any atom is 0.211 e. The molecule has 7 heteroatoms. The summed E-state index contributed by atoms with van der Waals surface area (Å²) in [4.78, 5) is 0. The summed E-state index contributed by atoms with van der Waals surface area (Å²) in [7, 11) is -3.14. The molecular weight excluding hydrogens is 254 g/mol.